The van der Waals surface area contributed by atoms with Crippen LogP contribution >= 0.6 is 0 Å². The lowest BCUT2D eigenvalue weighted by atomic mass is 9.79. The minimum Gasteiger partial charge on any atom is -0.444 e. The molecule has 0 spiro atoms. The average Bonchev–Trinajstić information content (AvgIpc) is 2.73. The molecule has 2 rings (SSSR count). The van der Waals surface area contributed by atoms with Crippen molar-refractivity contribution >= 4 is 11.7 Å². The Balaban J connectivity index is 2.60. The molecule has 0 heterocycles. The van der Waals surface area contributed by atoms with E-state index in [1.165, 1.54) is 0 Å². The Kier molecular flexibility index (Phi) is 7.78. The zero-order valence-electron chi connectivity index (χ0n) is 17.8. The number of amides is 1. The number of benzene rings is 2. The molecule has 0 saturated carbocycles. The zero-order valence-corrected chi connectivity index (χ0v) is 17.8. The molecule has 1 N–H and O–H groups in total. The molecular weight excluding hydrogens is 374 g/mol. The highest BCUT2D eigenvalue weighted by Crippen LogP contribution is 2.38. The summed E-state index contributed by atoms with van der Waals surface area (Å²) in [5.41, 5.74) is 1.68. The molecule has 0 bridgehead atoms. The topological polar surface area (TPSA) is 85.9 Å². The summed E-state index contributed by atoms with van der Waals surface area (Å²) in [6, 6.07) is 22.5. The first-order valence-electron chi connectivity index (χ1n) is 9.95. The smallest absolute Gasteiger partial charge is 0.408 e. The maximum absolute atomic E-state index is 12.7. The van der Waals surface area contributed by atoms with Crippen LogP contribution in [0, 0.1) is 28.6 Å². The normalized spacial score (nSPS) is 12.6. The van der Waals surface area contributed by atoms with Gasteiger partial charge in [-0.1, -0.05) is 67.6 Å². The highest BCUT2D eigenvalue weighted by molar-refractivity contribution is 5.78. The maximum atomic E-state index is 12.7. The Morgan fingerprint density at radius 2 is 1.53 bits per heavy atom. The largest absolute Gasteiger partial charge is 0.444 e. The number of nitrogens with one attached hydrogen (secondary N) is 1. The number of nitrogens with zero attached hydrogens (tertiary/aromatic N) is 2. The van der Waals surface area contributed by atoms with Crippen molar-refractivity contribution < 1.29 is 9.53 Å². The molecule has 0 saturated heterocycles. The Morgan fingerprint density at radius 3 is 2.00 bits per heavy atom. The van der Waals surface area contributed by atoms with Gasteiger partial charge in [-0.3, -0.25) is 0 Å². The number of alkyl carbamates (subject to hydrolysis) is 1. The van der Waals surface area contributed by atoms with E-state index in [2.05, 4.69) is 5.32 Å². The van der Waals surface area contributed by atoms with Crippen molar-refractivity contribution in [3.63, 3.8) is 0 Å². The Labute approximate surface area is 178 Å². The number of nitriles is 2. The lowest BCUT2D eigenvalue weighted by Gasteiger charge is -2.31. The number of hydrogen-bond acceptors (Lipinski definition) is 4. The van der Waals surface area contributed by atoms with Gasteiger partial charge < -0.3 is 10.1 Å². The molecule has 2 aromatic carbocycles. The van der Waals surface area contributed by atoms with E-state index in [4.69, 9.17) is 4.74 Å². The van der Waals surface area contributed by atoms with E-state index in [-0.39, 0.29) is 11.5 Å². The number of hydrogen-bond donors (Lipinski definition) is 1. The van der Waals surface area contributed by atoms with Crippen molar-refractivity contribution in [2.24, 2.45) is 5.92 Å². The molecule has 30 heavy (non-hydrogen) atoms. The fourth-order valence-corrected chi connectivity index (χ4v) is 3.42. The van der Waals surface area contributed by atoms with Gasteiger partial charge in [0.15, 0.2) is 0 Å². The summed E-state index contributed by atoms with van der Waals surface area (Å²) in [7, 11) is 0. The predicted octanol–water partition coefficient (Wildman–Crippen LogP) is 5.78. The molecule has 0 unspecified atom stereocenters. The molecule has 2 aromatic rings. The van der Waals surface area contributed by atoms with Crippen LogP contribution < -0.4 is 5.32 Å². The van der Waals surface area contributed by atoms with Gasteiger partial charge in [-0.25, -0.2) is 4.79 Å². The first kappa shape index (κ1) is 22.7. The Hall–Kier alpha value is -3.57. The molecule has 2 atom stereocenters. The lowest BCUT2D eigenvalue weighted by molar-refractivity contribution is 0.0492. The van der Waals surface area contributed by atoms with Crippen molar-refractivity contribution in [1.82, 2.24) is 5.32 Å². The highest BCUT2D eigenvalue weighted by Gasteiger charge is 2.31. The zero-order chi connectivity index (χ0) is 22.1. The molecule has 0 aliphatic heterocycles. The third kappa shape index (κ3) is 5.96. The number of carbonyl (C=O) groups is 1. The number of carbonyl (C=O) groups excluding carboxylic acids is 1. The first-order chi connectivity index (χ1) is 14.3. The molecule has 0 aromatic heterocycles. The van der Waals surface area contributed by atoms with Gasteiger partial charge in [0.05, 0.1) is 6.04 Å². The SMILES string of the molecule is CC[C@@H](C(=C(C#N)C#N)c1ccccc1)[C@H](NC(=O)OC(C)(C)C)c1ccccc1. The number of ether oxygens (including phenoxy) is 1. The molecule has 0 fully saturated rings. The van der Waals surface area contributed by atoms with Gasteiger partial charge in [-0.2, -0.15) is 10.5 Å². The Morgan fingerprint density at radius 1 is 1.00 bits per heavy atom. The van der Waals surface area contributed by atoms with Crippen LogP contribution in [0.2, 0.25) is 0 Å². The van der Waals surface area contributed by atoms with Crippen LogP contribution in [0.25, 0.3) is 5.57 Å². The molecule has 0 aliphatic rings. The van der Waals surface area contributed by atoms with Gasteiger partial charge in [0.2, 0.25) is 0 Å². The van der Waals surface area contributed by atoms with Crippen LogP contribution in [0.3, 0.4) is 0 Å². The highest BCUT2D eigenvalue weighted by atomic mass is 16.6. The molecule has 5 heteroatoms. The minimum absolute atomic E-state index is 0.0416. The van der Waals surface area contributed by atoms with E-state index >= 15 is 0 Å². The monoisotopic (exact) mass is 401 g/mol. The second kappa shape index (κ2) is 10.3. The summed E-state index contributed by atoms with van der Waals surface area (Å²) < 4.78 is 5.49. The van der Waals surface area contributed by atoms with E-state index in [1.807, 2.05) is 79.7 Å². The fourth-order valence-electron chi connectivity index (χ4n) is 3.42. The molecular formula is C25H27N3O2. The summed E-state index contributed by atoms with van der Waals surface area (Å²) in [6.45, 7) is 7.40. The number of allylic oxidation sites excluding steroid dienone is 1. The summed E-state index contributed by atoms with van der Waals surface area (Å²) in [4.78, 5) is 12.7. The predicted molar refractivity (Wildman–Crippen MR) is 117 cm³/mol. The summed E-state index contributed by atoms with van der Waals surface area (Å²) >= 11 is 0. The van der Waals surface area contributed by atoms with Crippen molar-refractivity contribution in [2.45, 2.75) is 45.8 Å². The first-order valence-corrected chi connectivity index (χ1v) is 9.95. The van der Waals surface area contributed by atoms with Gasteiger partial charge in [0.25, 0.3) is 0 Å². The Bertz CT molecular complexity index is 945. The van der Waals surface area contributed by atoms with E-state index < -0.39 is 17.7 Å². The van der Waals surface area contributed by atoms with Crippen LogP contribution in [-0.4, -0.2) is 11.7 Å². The van der Waals surface area contributed by atoms with Gasteiger partial charge >= 0.3 is 6.09 Å². The van der Waals surface area contributed by atoms with Crippen molar-refractivity contribution in [1.29, 1.82) is 10.5 Å². The van der Waals surface area contributed by atoms with Crippen molar-refractivity contribution in [2.75, 3.05) is 0 Å². The van der Waals surface area contributed by atoms with E-state index in [9.17, 15) is 15.3 Å². The van der Waals surface area contributed by atoms with Crippen LogP contribution in [0.1, 0.15) is 51.3 Å². The molecule has 1 amide bonds. The van der Waals surface area contributed by atoms with Crippen molar-refractivity contribution in [3.05, 3.63) is 77.4 Å². The molecule has 0 radical (unpaired) electrons. The van der Waals surface area contributed by atoms with Crippen LogP contribution in [0.5, 0.6) is 0 Å². The van der Waals surface area contributed by atoms with Crippen LogP contribution in [-0.2, 0) is 4.74 Å². The second-order valence-corrected chi connectivity index (χ2v) is 7.93. The van der Waals surface area contributed by atoms with E-state index in [1.54, 1.807) is 20.8 Å². The second-order valence-electron chi connectivity index (χ2n) is 7.93. The number of rotatable bonds is 6. The summed E-state index contributed by atoms with van der Waals surface area (Å²) in [5.74, 6) is -0.309. The lowest BCUT2D eigenvalue weighted by Crippen LogP contribution is -2.38. The fraction of sp³-hybridized carbons (Fsp3) is 0.320. The third-order valence-electron chi connectivity index (χ3n) is 4.62. The average molecular weight is 402 g/mol. The van der Waals surface area contributed by atoms with E-state index in [0.29, 0.717) is 12.0 Å². The van der Waals surface area contributed by atoms with Crippen LogP contribution in [0.15, 0.2) is 66.2 Å². The van der Waals surface area contributed by atoms with Gasteiger partial charge in [0.1, 0.15) is 23.3 Å². The summed E-state index contributed by atoms with van der Waals surface area (Å²) in [5, 5.41) is 22.3. The van der Waals surface area contributed by atoms with Crippen LogP contribution in [0.4, 0.5) is 4.79 Å². The molecule has 0 aliphatic carbocycles. The van der Waals surface area contributed by atoms with Crippen molar-refractivity contribution in [3.8, 4) is 12.1 Å². The quantitative estimate of drug-likeness (QED) is 0.622. The minimum atomic E-state index is -0.643. The van der Waals surface area contributed by atoms with Gasteiger partial charge in [-0.05, 0) is 43.9 Å². The molecule has 5 nitrogen and oxygen atoms in total. The summed E-state index contributed by atoms with van der Waals surface area (Å²) in [6.07, 6.45) is 0.0598. The maximum Gasteiger partial charge on any atom is 0.408 e. The third-order valence-corrected chi connectivity index (χ3v) is 4.62. The van der Waals surface area contributed by atoms with Gasteiger partial charge in [-0.15, -0.1) is 0 Å². The van der Waals surface area contributed by atoms with Gasteiger partial charge in [0, 0.05) is 5.92 Å². The molecule has 154 valence electrons. The van der Waals surface area contributed by atoms with E-state index in [0.717, 1.165) is 11.1 Å². The standard InChI is InChI=1S/C25H27N3O2/c1-5-21(22(20(16-26)17-27)18-12-8-6-9-13-18)23(19-14-10-7-11-15-19)28-24(29)30-25(2,3)4/h6-15,21,23H,5H2,1-4H3,(H,28,29)/t21-,23+/m0/s1.